The maximum Gasteiger partial charge on any atom is 0.0561 e. The van der Waals surface area contributed by atoms with Gasteiger partial charge in [0, 0.05) is 33.4 Å². The van der Waals surface area contributed by atoms with Crippen LogP contribution in [0.25, 0.3) is 72.0 Å². The quantitative estimate of drug-likeness (QED) is 0.152. The minimum Gasteiger partial charge on any atom is -0.310 e. The summed E-state index contributed by atoms with van der Waals surface area (Å²) in [6.07, 6.45) is 0. The summed E-state index contributed by atoms with van der Waals surface area (Å²) < 4.78 is 2.40. The fourth-order valence-electron chi connectivity index (χ4n) is 8.10. The van der Waals surface area contributed by atoms with Gasteiger partial charge in [-0.3, -0.25) is 0 Å². The normalized spacial score (nSPS) is 11.2. The molecule has 1 aromatic heterocycles. The molecule has 0 amide bonds. The first kappa shape index (κ1) is 33.2. The Balaban J connectivity index is 1.23. The van der Waals surface area contributed by atoms with Crippen molar-refractivity contribution in [2.24, 2.45) is 0 Å². The molecule has 9 aromatic carbocycles. The summed E-state index contributed by atoms with van der Waals surface area (Å²) in [5.41, 5.74) is 16.2. The van der Waals surface area contributed by atoms with Crippen LogP contribution in [0.2, 0.25) is 0 Å². The van der Waals surface area contributed by atoms with E-state index in [0.717, 1.165) is 50.5 Å². The van der Waals surface area contributed by atoms with Crippen LogP contribution in [0.15, 0.2) is 231 Å². The standard InChI is InChI=1S/C54H38N2/c1-5-17-39(18-6-1)42-29-31-43(32-30-42)49-25-13-15-27-52(49)55(48-36-44(40-19-7-2-8-20-40)35-45(37-48)41-21-9-3-10-22-41)47-33-34-51-50-26-14-16-28-53(50)56(54(51)38-47)46-23-11-4-12-24-46/h1-38H. The predicted octanol–water partition coefficient (Wildman–Crippen LogP) is 14.9. The number of anilines is 3. The fourth-order valence-corrected chi connectivity index (χ4v) is 8.10. The molecule has 2 heteroatoms. The van der Waals surface area contributed by atoms with Crippen molar-refractivity contribution in [2.75, 3.05) is 4.90 Å². The Hall–Kier alpha value is -7.42. The van der Waals surface area contributed by atoms with Gasteiger partial charge in [-0.15, -0.1) is 0 Å². The molecule has 0 aliphatic carbocycles. The van der Waals surface area contributed by atoms with Crippen LogP contribution in [0.4, 0.5) is 17.1 Å². The molecule has 10 rings (SSSR count). The van der Waals surface area contributed by atoms with Crippen molar-refractivity contribution in [1.82, 2.24) is 4.57 Å². The van der Waals surface area contributed by atoms with Crippen molar-refractivity contribution in [3.05, 3.63) is 231 Å². The first-order valence-electron chi connectivity index (χ1n) is 19.2. The third-order valence-corrected chi connectivity index (χ3v) is 10.8. The molecule has 0 fully saturated rings. The average Bonchev–Trinajstić information content (AvgIpc) is 3.61. The third-order valence-electron chi connectivity index (χ3n) is 10.8. The summed E-state index contributed by atoms with van der Waals surface area (Å²) in [4.78, 5) is 2.45. The van der Waals surface area contributed by atoms with E-state index in [9.17, 15) is 0 Å². The Labute approximate surface area is 327 Å². The molecule has 0 bridgehead atoms. The first-order valence-corrected chi connectivity index (χ1v) is 19.2. The molecule has 2 nitrogen and oxygen atoms in total. The van der Waals surface area contributed by atoms with Gasteiger partial charge in [0.1, 0.15) is 0 Å². The molecule has 56 heavy (non-hydrogen) atoms. The van der Waals surface area contributed by atoms with Crippen LogP contribution in [0.1, 0.15) is 0 Å². The maximum atomic E-state index is 2.45. The molecule has 0 saturated carbocycles. The van der Waals surface area contributed by atoms with Crippen LogP contribution < -0.4 is 4.90 Å². The number of benzene rings is 9. The zero-order valence-electron chi connectivity index (χ0n) is 30.8. The van der Waals surface area contributed by atoms with Gasteiger partial charge in [0.05, 0.1) is 16.7 Å². The molecule has 0 aliphatic heterocycles. The largest absolute Gasteiger partial charge is 0.310 e. The smallest absolute Gasteiger partial charge is 0.0561 e. The van der Waals surface area contributed by atoms with Gasteiger partial charge < -0.3 is 9.47 Å². The summed E-state index contributed by atoms with van der Waals surface area (Å²) in [5.74, 6) is 0. The van der Waals surface area contributed by atoms with Gasteiger partial charge in [-0.1, -0.05) is 176 Å². The molecular formula is C54H38N2. The lowest BCUT2D eigenvalue weighted by Crippen LogP contribution is -2.12. The Bertz CT molecular complexity index is 2870. The Morgan fingerprint density at radius 3 is 1.41 bits per heavy atom. The summed E-state index contributed by atoms with van der Waals surface area (Å²) in [6, 6.07) is 83.2. The van der Waals surface area contributed by atoms with Gasteiger partial charge in [0.2, 0.25) is 0 Å². The molecule has 0 N–H and O–H groups in total. The minimum absolute atomic E-state index is 1.08. The van der Waals surface area contributed by atoms with Gasteiger partial charge in [-0.2, -0.15) is 0 Å². The van der Waals surface area contributed by atoms with E-state index >= 15 is 0 Å². The van der Waals surface area contributed by atoms with E-state index in [1.807, 2.05) is 0 Å². The van der Waals surface area contributed by atoms with Crippen molar-refractivity contribution >= 4 is 38.9 Å². The fraction of sp³-hybridized carbons (Fsp3) is 0. The highest BCUT2D eigenvalue weighted by Gasteiger charge is 2.21. The van der Waals surface area contributed by atoms with Gasteiger partial charge in [-0.25, -0.2) is 0 Å². The Kier molecular flexibility index (Phi) is 8.55. The van der Waals surface area contributed by atoms with E-state index in [2.05, 4.69) is 240 Å². The summed E-state index contributed by atoms with van der Waals surface area (Å²) in [7, 11) is 0. The van der Waals surface area contributed by atoms with Crippen molar-refractivity contribution in [1.29, 1.82) is 0 Å². The molecule has 0 aliphatic rings. The molecule has 0 spiro atoms. The second-order valence-corrected chi connectivity index (χ2v) is 14.2. The van der Waals surface area contributed by atoms with E-state index in [1.165, 1.54) is 38.5 Å². The monoisotopic (exact) mass is 714 g/mol. The van der Waals surface area contributed by atoms with Crippen molar-refractivity contribution in [3.8, 4) is 50.2 Å². The number of hydrogen-bond acceptors (Lipinski definition) is 1. The van der Waals surface area contributed by atoms with Crippen LogP contribution in [-0.4, -0.2) is 4.57 Å². The molecule has 1 heterocycles. The minimum atomic E-state index is 1.08. The van der Waals surface area contributed by atoms with Gasteiger partial charge in [0.25, 0.3) is 0 Å². The molecule has 0 radical (unpaired) electrons. The van der Waals surface area contributed by atoms with Gasteiger partial charge in [-0.05, 0) is 93.5 Å². The molecule has 0 atom stereocenters. The molecular weight excluding hydrogens is 677 g/mol. The molecule has 0 unspecified atom stereocenters. The van der Waals surface area contributed by atoms with Crippen LogP contribution in [-0.2, 0) is 0 Å². The highest BCUT2D eigenvalue weighted by atomic mass is 15.1. The van der Waals surface area contributed by atoms with E-state index in [4.69, 9.17) is 0 Å². The predicted molar refractivity (Wildman–Crippen MR) is 237 cm³/mol. The number of rotatable bonds is 8. The summed E-state index contributed by atoms with van der Waals surface area (Å²) in [5, 5.41) is 2.46. The molecule has 264 valence electrons. The second kappa shape index (κ2) is 14.4. The van der Waals surface area contributed by atoms with E-state index < -0.39 is 0 Å². The van der Waals surface area contributed by atoms with Crippen LogP contribution >= 0.6 is 0 Å². The topological polar surface area (TPSA) is 8.17 Å². The highest BCUT2D eigenvalue weighted by Crippen LogP contribution is 2.45. The Morgan fingerprint density at radius 1 is 0.286 bits per heavy atom. The van der Waals surface area contributed by atoms with Crippen LogP contribution in [0, 0.1) is 0 Å². The summed E-state index contributed by atoms with van der Waals surface area (Å²) >= 11 is 0. The number of fused-ring (bicyclic) bond motifs is 3. The van der Waals surface area contributed by atoms with Gasteiger partial charge in [0.15, 0.2) is 0 Å². The van der Waals surface area contributed by atoms with E-state index in [0.29, 0.717) is 0 Å². The molecule has 0 saturated heterocycles. The lowest BCUT2D eigenvalue weighted by Gasteiger charge is -2.29. The maximum absolute atomic E-state index is 2.45. The molecule has 10 aromatic rings. The lowest BCUT2D eigenvalue weighted by molar-refractivity contribution is 1.18. The van der Waals surface area contributed by atoms with E-state index in [1.54, 1.807) is 0 Å². The van der Waals surface area contributed by atoms with Crippen LogP contribution in [0.3, 0.4) is 0 Å². The van der Waals surface area contributed by atoms with Crippen molar-refractivity contribution in [2.45, 2.75) is 0 Å². The number of aromatic nitrogens is 1. The number of hydrogen-bond donors (Lipinski definition) is 0. The Morgan fingerprint density at radius 2 is 0.768 bits per heavy atom. The summed E-state index contributed by atoms with van der Waals surface area (Å²) in [6.45, 7) is 0. The lowest BCUT2D eigenvalue weighted by atomic mass is 9.96. The van der Waals surface area contributed by atoms with Gasteiger partial charge >= 0.3 is 0 Å². The van der Waals surface area contributed by atoms with Crippen LogP contribution in [0.5, 0.6) is 0 Å². The SMILES string of the molecule is c1ccc(-c2ccc(-c3ccccc3N(c3cc(-c4ccccc4)cc(-c4ccccc4)c3)c3ccc4c5ccccc5n(-c5ccccc5)c4c3)cc2)cc1. The average molecular weight is 715 g/mol. The van der Waals surface area contributed by atoms with Crippen molar-refractivity contribution < 1.29 is 0 Å². The zero-order chi connectivity index (χ0) is 37.3. The van der Waals surface area contributed by atoms with Crippen molar-refractivity contribution in [3.63, 3.8) is 0 Å². The first-order chi connectivity index (χ1) is 27.8. The number of nitrogens with zero attached hydrogens (tertiary/aromatic N) is 2. The zero-order valence-corrected chi connectivity index (χ0v) is 30.8. The third kappa shape index (κ3) is 6.14. The van der Waals surface area contributed by atoms with E-state index in [-0.39, 0.29) is 0 Å². The number of para-hydroxylation sites is 3. The second-order valence-electron chi connectivity index (χ2n) is 14.2. The highest BCUT2D eigenvalue weighted by molar-refractivity contribution is 6.10.